The van der Waals surface area contributed by atoms with E-state index in [1.54, 1.807) is 28.6 Å². The molecule has 5 heteroatoms. The first kappa shape index (κ1) is 16.1. The van der Waals surface area contributed by atoms with Gasteiger partial charge in [-0.25, -0.2) is 0 Å². The number of fused-ring (bicyclic) bond motifs is 1. The number of carbonyl (C=O) groups is 1. The molecule has 3 aromatic rings. The third kappa shape index (κ3) is 2.73. The Morgan fingerprint density at radius 2 is 1.79 bits per heavy atom. The van der Waals surface area contributed by atoms with Gasteiger partial charge < -0.3 is 9.88 Å². The fraction of sp³-hybridized carbons (Fsp3) is 0.263. The number of hydrogen-bond donors (Lipinski definition) is 1. The molecule has 0 aliphatic heterocycles. The molecule has 0 unspecified atom stereocenters. The molecule has 1 amide bonds. The summed E-state index contributed by atoms with van der Waals surface area (Å²) >= 11 is 0. The molecule has 5 nitrogen and oxygen atoms in total. The third-order valence-electron chi connectivity index (χ3n) is 4.29. The molecule has 3 rings (SSSR count). The Morgan fingerprint density at radius 3 is 2.42 bits per heavy atom. The summed E-state index contributed by atoms with van der Waals surface area (Å²) < 4.78 is 1.60. The van der Waals surface area contributed by atoms with Crippen LogP contribution in [0.2, 0.25) is 0 Å². The van der Waals surface area contributed by atoms with Crippen LogP contribution in [0.5, 0.6) is 0 Å². The van der Waals surface area contributed by atoms with E-state index < -0.39 is 0 Å². The lowest BCUT2D eigenvalue weighted by atomic mass is 10.2. The monoisotopic (exact) mass is 323 g/mol. The first-order chi connectivity index (χ1) is 11.4. The van der Waals surface area contributed by atoms with Gasteiger partial charge in [0.05, 0.1) is 5.69 Å². The summed E-state index contributed by atoms with van der Waals surface area (Å²) in [6, 6.07) is 12.9. The van der Waals surface area contributed by atoms with Gasteiger partial charge in [-0.05, 0) is 45.0 Å². The van der Waals surface area contributed by atoms with Gasteiger partial charge in [-0.15, -0.1) is 0 Å². The number of nitrogens with one attached hydrogen (secondary N) is 1. The number of aryl methyl sites for hydroxylation is 1. The van der Waals surface area contributed by atoms with E-state index in [0.717, 1.165) is 16.6 Å². The molecule has 0 saturated carbocycles. The van der Waals surface area contributed by atoms with Crippen molar-refractivity contribution >= 4 is 16.9 Å². The fourth-order valence-electron chi connectivity index (χ4n) is 2.61. The summed E-state index contributed by atoms with van der Waals surface area (Å²) in [5, 5.41) is 0.829. The van der Waals surface area contributed by atoms with E-state index in [1.165, 1.54) is 6.07 Å². The number of aromatic amines is 1. The van der Waals surface area contributed by atoms with E-state index in [2.05, 4.69) is 4.98 Å². The second-order valence-electron chi connectivity index (χ2n) is 6.34. The maximum Gasteiger partial charge on any atom is 0.270 e. The van der Waals surface area contributed by atoms with Gasteiger partial charge in [0.1, 0.15) is 11.3 Å². The zero-order valence-corrected chi connectivity index (χ0v) is 14.3. The number of amides is 1. The minimum atomic E-state index is -0.135. The third-order valence-corrected chi connectivity index (χ3v) is 4.29. The lowest BCUT2D eigenvalue weighted by molar-refractivity contribution is 0.0750. The largest absolute Gasteiger partial charge is 0.338 e. The van der Waals surface area contributed by atoms with Gasteiger partial charge in [-0.2, -0.15) is 0 Å². The van der Waals surface area contributed by atoms with Crippen molar-refractivity contribution in [1.82, 2.24) is 14.5 Å². The molecule has 1 aromatic carbocycles. The standard InChI is InChI=1S/C19H21N3O2/c1-12(2)21(4)19(24)16-11-14-7-10-17(23)22(18(14)20-16)15-8-5-13(3)6-9-15/h5-12,20H,1-4H3. The molecule has 0 spiro atoms. The molecular weight excluding hydrogens is 302 g/mol. The van der Waals surface area contributed by atoms with Crippen molar-refractivity contribution in [2.75, 3.05) is 7.05 Å². The van der Waals surface area contributed by atoms with Gasteiger partial charge in [0.25, 0.3) is 11.5 Å². The first-order valence-electron chi connectivity index (χ1n) is 7.97. The molecule has 0 aliphatic carbocycles. The van der Waals surface area contributed by atoms with Gasteiger partial charge in [0.15, 0.2) is 0 Å². The van der Waals surface area contributed by atoms with E-state index in [-0.39, 0.29) is 17.5 Å². The van der Waals surface area contributed by atoms with Gasteiger partial charge in [-0.3, -0.25) is 14.2 Å². The van der Waals surface area contributed by atoms with Crippen LogP contribution in [-0.4, -0.2) is 33.4 Å². The Balaban J connectivity index is 2.17. The summed E-state index contributed by atoms with van der Waals surface area (Å²) in [4.78, 5) is 29.7. The van der Waals surface area contributed by atoms with E-state index >= 15 is 0 Å². The number of nitrogens with zero attached hydrogens (tertiary/aromatic N) is 2. The van der Waals surface area contributed by atoms with Crippen molar-refractivity contribution in [3.05, 3.63) is 64.1 Å². The molecule has 0 aliphatic rings. The SMILES string of the molecule is Cc1ccc(-n2c(=O)ccc3cc(C(=O)N(C)C(C)C)[nH]c32)cc1. The molecule has 0 fully saturated rings. The number of H-pyrrole nitrogens is 1. The number of benzene rings is 1. The van der Waals surface area contributed by atoms with Crippen molar-refractivity contribution < 1.29 is 4.79 Å². The van der Waals surface area contributed by atoms with Gasteiger partial charge in [0, 0.05) is 24.5 Å². The molecule has 0 atom stereocenters. The molecule has 0 bridgehead atoms. The van der Waals surface area contributed by atoms with Gasteiger partial charge >= 0.3 is 0 Å². The van der Waals surface area contributed by atoms with Crippen LogP contribution < -0.4 is 5.56 Å². The number of rotatable bonds is 3. The molecule has 24 heavy (non-hydrogen) atoms. The number of pyridine rings is 1. The van der Waals surface area contributed by atoms with Gasteiger partial charge in [-0.1, -0.05) is 17.7 Å². The van der Waals surface area contributed by atoms with E-state index in [0.29, 0.717) is 11.3 Å². The van der Waals surface area contributed by atoms with Crippen molar-refractivity contribution in [3.63, 3.8) is 0 Å². The van der Waals surface area contributed by atoms with Crippen LogP contribution in [0.15, 0.2) is 47.3 Å². The molecule has 2 heterocycles. The Kier molecular flexibility index (Phi) is 4.01. The quantitative estimate of drug-likeness (QED) is 0.805. The molecular formula is C19H21N3O2. The maximum atomic E-state index is 12.5. The predicted molar refractivity (Wildman–Crippen MR) is 95.9 cm³/mol. The van der Waals surface area contributed by atoms with Crippen molar-refractivity contribution in [3.8, 4) is 5.69 Å². The van der Waals surface area contributed by atoms with Crippen LogP contribution >= 0.6 is 0 Å². The highest BCUT2D eigenvalue weighted by Crippen LogP contribution is 2.19. The number of carbonyl (C=O) groups excluding carboxylic acids is 1. The Hall–Kier alpha value is -2.82. The molecule has 1 N–H and O–H groups in total. The van der Waals surface area contributed by atoms with Crippen LogP contribution in [0, 0.1) is 6.92 Å². The minimum Gasteiger partial charge on any atom is -0.338 e. The zero-order valence-electron chi connectivity index (χ0n) is 14.3. The van der Waals surface area contributed by atoms with E-state index in [9.17, 15) is 9.59 Å². The Morgan fingerprint density at radius 1 is 1.12 bits per heavy atom. The topological polar surface area (TPSA) is 58.1 Å². The van der Waals surface area contributed by atoms with Crippen molar-refractivity contribution in [2.45, 2.75) is 26.8 Å². The van der Waals surface area contributed by atoms with Gasteiger partial charge in [0.2, 0.25) is 0 Å². The van der Waals surface area contributed by atoms with Crippen LogP contribution in [0.4, 0.5) is 0 Å². The fourth-order valence-corrected chi connectivity index (χ4v) is 2.61. The highest BCUT2D eigenvalue weighted by atomic mass is 16.2. The summed E-state index contributed by atoms with van der Waals surface area (Å²) in [7, 11) is 1.77. The van der Waals surface area contributed by atoms with Crippen LogP contribution in [0.25, 0.3) is 16.7 Å². The number of aromatic nitrogens is 2. The van der Waals surface area contributed by atoms with Crippen molar-refractivity contribution in [1.29, 1.82) is 0 Å². The summed E-state index contributed by atoms with van der Waals surface area (Å²) in [6.45, 7) is 5.92. The molecule has 0 saturated heterocycles. The predicted octanol–water partition coefficient (Wildman–Crippen LogP) is 3.11. The normalized spacial score (nSPS) is 11.2. The zero-order chi connectivity index (χ0) is 17.4. The minimum absolute atomic E-state index is 0.0934. The van der Waals surface area contributed by atoms with Crippen molar-refractivity contribution in [2.24, 2.45) is 0 Å². The Labute approximate surface area is 140 Å². The van der Waals surface area contributed by atoms with E-state index in [1.807, 2.05) is 45.0 Å². The Bertz CT molecular complexity index is 949. The lowest BCUT2D eigenvalue weighted by Crippen LogP contribution is -2.33. The second kappa shape index (κ2) is 6.00. The van der Waals surface area contributed by atoms with Crippen LogP contribution in [-0.2, 0) is 0 Å². The highest BCUT2D eigenvalue weighted by molar-refractivity contribution is 5.97. The maximum absolute atomic E-state index is 12.5. The van der Waals surface area contributed by atoms with E-state index in [4.69, 9.17) is 0 Å². The highest BCUT2D eigenvalue weighted by Gasteiger charge is 2.18. The molecule has 0 radical (unpaired) electrons. The van der Waals surface area contributed by atoms with Crippen LogP contribution in [0.1, 0.15) is 29.9 Å². The first-order valence-corrected chi connectivity index (χ1v) is 7.97. The number of hydrogen-bond acceptors (Lipinski definition) is 2. The summed E-state index contributed by atoms with van der Waals surface area (Å²) in [6.07, 6.45) is 0. The molecule has 2 aromatic heterocycles. The molecule has 124 valence electrons. The second-order valence-corrected chi connectivity index (χ2v) is 6.34. The summed E-state index contributed by atoms with van der Waals surface area (Å²) in [5.74, 6) is -0.0934. The smallest absolute Gasteiger partial charge is 0.270 e. The van der Waals surface area contributed by atoms with Crippen LogP contribution in [0.3, 0.4) is 0 Å². The average Bonchev–Trinajstić information content (AvgIpc) is 2.98. The average molecular weight is 323 g/mol. The lowest BCUT2D eigenvalue weighted by Gasteiger charge is -2.20. The summed E-state index contributed by atoms with van der Waals surface area (Å²) in [5.41, 5.74) is 2.87.